The molecule has 1 aromatic carbocycles. The monoisotopic (exact) mass is 262 g/mol. The van der Waals surface area contributed by atoms with Gasteiger partial charge in [-0.15, -0.1) is 0 Å². The highest BCUT2D eigenvalue weighted by atomic mass is 16.5. The first-order valence-electron chi connectivity index (χ1n) is 7.35. The fraction of sp³-hybridized carbons (Fsp3) is 0.625. The lowest BCUT2D eigenvalue weighted by Gasteiger charge is -2.32. The molecule has 0 bridgehead atoms. The van der Waals surface area contributed by atoms with Crippen molar-refractivity contribution in [3.05, 3.63) is 35.4 Å². The topological polar surface area (TPSA) is 24.5 Å². The maximum atomic E-state index is 5.26. The summed E-state index contributed by atoms with van der Waals surface area (Å²) in [5.41, 5.74) is 2.65. The zero-order valence-electron chi connectivity index (χ0n) is 12.2. The summed E-state index contributed by atoms with van der Waals surface area (Å²) in [6.45, 7) is 7.50. The number of piperidine rings is 1. The first-order valence-corrected chi connectivity index (χ1v) is 7.35. The number of nitrogens with one attached hydrogen (secondary N) is 1. The minimum absolute atomic E-state index is 0.629. The maximum Gasteiger partial charge on any atom is 0.0716 e. The quantitative estimate of drug-likeness (QED) is 0.852. The summed E-state index contributed by atoms with van der Waals surface area (Å²) >= 11 is 0. The molecule has 1 aliphatic heterocycles. The van der Waals surface area contributed by atoms with E-state index in [1.165, 1.54) is 43.6 Å². The zero-order valence-corrected chi connectivity index (χ0v) is 12.2. The molecule has 0 aliphatic carbocycles. The Balaban J connectivity index is 1.87. The van der Waals surface area contributed by atoms with E-state index in [9.17, 15) is 0 Å². The number of methoxy groups -OCH3 is 1. The molecule has 0 saturated carbocycles. The van der Waals surface area contributed by atoms with Crippen molar-refractivity contribution < 1.29 is 4.74 Å². The molecule has 19 heavy (non-hydrogen) atoms. The Morgan fingerprint density at radius 2 is 2.11 bits per heavy atom. The molecule has 2 rings (SSSR count). The number of ether oxygens (including phenoxy) is 1. The molecule has 1 N–H and O–H groups in total. The molecular weight excluding hydrogens is 236 g/mol. The number of rotatable bonds is 6. The third-order valence-corrected chi connectivity index (χ3v) is 3.95. The molecule has 0 spiro atoms. The molecule has 1 fully saturated rings. The van der Waals surface area contributed by atoms with Crippen LogP contribution >= 0.6 is 0 Å². The molecule has 106 valence electrons. The van der Waals surface area contributed by atoms with Crippen molar-refractivity contribution in [1.29, 1.82) is 0 Å². The van der Waals surface area contributed by atoms with Gasteiger partial charge in [0.1, 0.15) is 0 Å². The number of hydrogen-bond donors (Lipinski definition) is 1. The summed E-state index contributed by atoms with van der Waals surface area (Å²) in [5.74, 6) is 0. The smallest absolute Gasteiger partial charge is 0.0716 e. The van der Waals surface area contributed by atoms with E-state index in [1.807, 2.05) is 0 Å². The Morgan fingerprint density at radius 1 is 1.32 bits per heavy atom. The van der Waals surface area contributed by atoms with Crippen LogP contribution in [0.3, 0.4) is 0 Å². The van der Waals surface area contributed by atoms with Gasteiger partial charge in [0, 0.05) is 26.2 Å². The molecule has 1 atom stereocenters. The third-order valence-electron chi connectivity index (χ3n) is 3.95. The van der Waals surface area contributed by atoms with E-state index >= 15 is 0 Å². The summed E-state index contributed by atoms with van der Waals surface area (Å²) in [6, 6.07) is 9.16. The Bertz CT molecular complexity index is 381. The minimum Gasteiger partial charge on any atom is -0.380 e. The molecule has 3 nitrogen and oxygen atoms in total. The van der Waals surface area contributed by atoms with Crippen molar-refractivity contribution in [3.8, 4) is 0 Å². The fourth-order valence-corrected chi connectivity index (χ4v) is 2.79. The summed E-state index contributed by atoms with van der Waals surface area (Å²) in [6.07, 6.45) is 2.61. The van der Waals surface area contributed by atoms with E-state index in [2.05, 4.69) is 41.4 Å². The molecule has 1 aromatic rings. The van der Waals surface area contributed by atoms with Crippen LogP contribution in [0.5, 0.6) is 0 Å². The number of nitrogens with zero attached hydrogens (tertiary/aromatic N) is 1. The van der Waals surface area contributed by atoms with E-state index in [-0.39, 0.29) is 0 Å². The summed E-state index contributed by atoms with van der Waals surface area (Å²) < 4.78 is 5.26. The van der Waals surface area contributed by atoms with Gasteiger partial charge in [-0.2, -0.15) is 0 Å². The predicted octanol–water partition coefficient (Wildman–Crippen LogP) is 2.41. The molecule has 0 radical (unpaired) electrons. The standard InChI is InChI=1S/C16H26N2O/c1-3-18-10-6-9-16(12-18)17-11-14-7-4-5-8-15(14)13-19-2/h4-5,7-8,16-17H,3,6,9-13H2,1-2H3. The predicted molar refractivity (Wildman–Crippen MR) is 79.1 cm³/mol. The SMILES string of the molecule is CCN1CCCC(NCc2ccccc2COC)C1. The van der Waals surface area contributed by atoms with Crippen LogP contribution < -0.4 is 5.32 Å². The van der Waals surface area contributed by atoms with Gasteiger partial charge in [0.2, 0.25) is 0 Å². The van der Waals surface area contributed by atoms with Crippen LogP contribution in [-0.2, 0) is 17.9 Å². The summed E-state index contributed by atoms with van der Waals surface area (Å²) in [5, 5.41) is 3.70. The largest absolute Gasteiger partial charge is 0.380 e. The molecular formula is C16H26N2O. The second-order valence-corrected chi connectivity index (χ2v) is 5.32. The Hall–Kier alpha value is -0.900. The second kappa shape index (κ2) is 7.63. The first-order chi connectivity index (χ1) is 9.33. The third kappa shape index (κ3) is 4.30. The van der Waals surface area contributed by atoms with E-state index in [0.717, 1.165) is 6.54 Å². The normalized spacial score (nSPS) is 20.6. The van der Waals surface area contributed by atoms with Crippen molar-refractivity contribution >= 4 is 0 Å². The van der Waals surface area contributed by atoms with Gasteiger partial charge in [-0.1, -0.05) is 31.2 Å². The van der Waals surface area contributed by atoms with Gasteiger partial charge >= 0.3 is 0 Å². The van der Waals surface area contributed by atoms with E-state index < -0.39 is 0 Å². The van der Waals surface area contributed by atoms with Crippen LogP contribution in [0.1, 0.15) is 30.9 Å². The molecule has 1 saturated heterocycles. The first kappa shape index (κ1) is 14.5. The number of benzene rings is 1. The van der Waals surface area contributed by atoms with Crippen LogP contribution in [0.25, 0.3) is 0 Å². The zero-order chi connectivity index (χ0) is 13.5. The minimum atomic E-state index is 0.629. The summed E-state index contributed by atoms with van der Waals surface area (Å²) in [4.78, 5) is 2.53. The van der Waals surface area contributed by atoms with Gasteiger partial charge in [0.25, 0.3) is 0 Å². The van der Waals surface area contributed by atoms with Crippen molar-refractivity contribution in [1.82, 2.24) is 10.2 Å². The van der Waals surface area contributed by atoms with Crippen LogP contribution in [0.15, 0.2) is 24.3 Å². The van der Waals surface area contributed by atoms with E-state index in [0.29, 0.717) is 12.6 Å². The second-order valence-electron chi connectivity index (χ2n) is 5.32. The molecule has 0 aromatic heterocycles. The lowest BCUT2D eigenvalue weighted by molar-refractivity contribution is 0.182. The van der Waals surface area contributed by atoms with Gasteiger partial charge in [0.05, 0.1) is 6.61 Å². The van der Waals surface area contributed by atoms with Gasteiger partial charge in [-0.05, 0) is 37.1 Å². The van der Waals surface area contributed by atoms with Crippen LogP contribution in [0.2, 0.25) is 0 Å². The average Bonchev–Trinajstić information content (AvgIpc) is 2.47. The van der Waals surface area contributed by atoms with Gasteiger partial charge in [0.15, 0.2) is 0 Å². The number of hydrogen-bond acceptors (Lipinski definition) is 3. The highest BCUT2D eigenvalue weighted by Gasteiger charge is 2.18. The van der Waals surface area contributed by atoms with E-state index in [4.69, 9.17) is 4.74 Å². The molecule has 1 unspecified atom stereocenters. The van der Waals surface area contributed by atoms with Crippen LogP contribution in [-0.4, -0.2) is 37.7 Å². The van der Waals surface area contributed by atoms with E-state index in [1.54, 1.807) is 7.11 Å². The number of likely N-dealkylation sites (N-methyl/N-ethyl adjacent to an activating group) is 1. The highest BCUT2D eigenvalue weighted by molar-refractivity contribution is 5.26. The lowest BCUT2D eigenvalue weighted by atomic mass is 10.0. The van der Waals surface area contributed by atoms with Crippen molar-refractivity contribution in [3.63, 3.8) is 0 Å². The molecule has 3 heteroatoms. The van der Waals surface area contributed by atoms with Crippen LogP contribution in [0, 0.1) is 0 Å². The molecule has 1 heterocycles. The Labute approximate surface area is 116 Å². The molecule has 1 aliphatic rings. The molecule has 0 amide bonds. The highest BCUT2D eigenvalue weighted by Crippen LogP contribution is 2.13. The van der Waals surface area contributed by atoms with Crippen LogP contribution in [0.4, 0.5) is 0 Å². The van der Waals surface area contributed by atoms with Crippen molar-refractivity contribution in [2.75, 3.05) is 26.7 Å². The van der Waals surface area contributed by atoms with Crippen molar-refractivity contribution in [2.24, 2.45) is 0 Å². The van der Waals surface area contributed by atoms with Gasteiger partial charge in [-0.25, -0.2) is 0 Å². The number of likely N-dealkylation sites (tertiary alicyclic amines) is 1. The Kier molecular flexibility index (Phi) is 5.83. The fourth-order valence-electron chi connectivity index (χ4n) is 2.79. The Morgan fingerprint density at radius 3 is 2.84 bits per heavy atom. The van der Waals surface area contributed by atoms with Gasteiger partial charge in [-0.3, -0.25) is 0 Å². The lowest BCUT2D eigenvalue weighted by Crippen LogP contribution is -2.45. The van der Waals surface area contributed by atoms with Gasteiger partial charge < -0.3 is 15.0 Å². The van der Waals surface area contributed by atoms with Crippen molar-refractivity contribution in [2.45, 2.75) is 39.0 Å². The average molecular weight is 262 g/mol. The maximum absolute atomic E-state index is 5.26. The summed E-state index contributed by atoms with van der Waals surface area (Å²) in [7, 11) is 1.75.